The third kappa shape index (κ3) is 12.0. The van der Waals surface area contributed by atoms with Crippen molar-refractivity contribution in [3.63, 3.8) is 0 Å². The van der Waals surface area contributed by atoms with Crippen LogP contribution in [0.5, 0.6) is 0 Å². The second-order valence-corrected chi connectivity index (χ2v) is 15.4. The summed E-state index contributed by atoms with van der Waals surface area (Å²) in [5, 5.41) is 0. The van der Waals surface area contributed by atoms with Crippen molar-refractivity contribution in [2.75, 3.05) is 13.2 Å². The highest BCUT2D eigenvalue weighted by Crippen LogP contribution is 2.23. The zero-order valence-electron chi connectivity index (χ0n) is 14.9. The van der Waals surface area contributed by atoms with E-state index in [4.69, 9.17) is 13.6 Å². The molecule has 0 unspecified atom stereocenters. The molecule has 0 aromatic carbocycles. The quantitative estimate of drug-likeness (QED) is 0.231. The summed E-state index contributed by atoms with van der Waals surface area (Å²) in [7, 11) is -3.58. The minimum absolute atomic E-state index is 0.380. The SMILES string of the molecule is C=CC(=O)OCCC[Si](C)(C)O[Si](C)(C)CCCOC(=O)C=C. The first-order valence-corrected chi connectivity index (χ1v) is 14.1. The van der Waals surface area contributed by atoms with Crippen molar-refractivity contribution in [3.05, 3.63) is 25.3 Å². The van der Waals surface area contributed by atoms with Gasteiger partial charge in [-0.05, 0) is 51.1 Å². The molecule has 0 aliphatic carbocycles. The van der Waals surface area contributed by atoms with Crippen LogP contribution in [-0.2, 0) is 23.2 Å². The summed E-state index contributed by atoms with van der Waals surface area (Å²) in [4.78, 5) is 22.0. The Labute approximate surface area is 142 Å². The summed E-state index contributed by atoms with van der Waals surface area (Å²) in [5.41, 5.74) is 0. The van der Waals surface area contributed by atoms with Crippen molar-refractivity contribution in [2.24, 2.45) is 0 Å². The van der Waals surface area contributed by atoms with E-state index in [-0.39, 0.29) is 11.9 Å². The molecule has 0 aromatic rings. The van der Waals surface area contributed by atoms with Crippen LogP contribution in [0.1, 0.15) is 12.8 Å². The molecule has 0 aliphatic rings. The van der Waals surface area contributed by atoms with Gasteiger partial charge in [0.1, 0.15) is 0 Å². The van der Waals surface area contributed by atoms with Crippen molar-refractivity contribution in [1.82, 2.24) is 0 Å². The minimum atomic E-state index is -1.79. The van der Waals surface area contributed by atoms with E-state index in [2.05, 4.69) is 39.3 Å². The molecule has 0 amide bonds. The number of carbonyl (C=O) groups is 2. The van der Waals surface area contributed by atoms with Crippen molar-refractivity contribution < 1.29 is 23.2 Å². The van der Waals surface area contributed by atoms with Gasteiger partial charge in [0, 0.05) is 12.2 Å². The number of hydrogen-bond donors (Lipinski definition) is 0. The van der Waals surface area contributed by atoms with Gasteiger partial charge in [-0.25, -0.2) is 9.59 Å². The fourth-order valence-electron chi connectivity index (χ4n) is 2.31. The van der Waals surface area contributed by atoms with Crippen LogP contribution >= 0.6 is 0 Å². The molecule has 23 heavy (non-hydrogen) atoms. The molecule has 0 aromatic heterocycles. The van der Waals surface area contributed by atoms with Gasteiger partial charge in [0.25, 0.3) is 0 Å². The molecule has 0 saturated carbocycles. The lowest BCUT2D eigenvalue weighted by Crippen LogP contribution is -2.44. The van der Waals surface area contributed by atoms with Crippen LogP contribution in [0.15, 0.2) is 25.3 Å². The first kappa shape index (κ1) is 21.8. The topological polar surface area (TPSA) is 61.8 Å². The molecular weight excluding hydrogens is 328 g/mol. The lowest BCUT2D eigenvalue weighted by Gasteiger charge is -2.34. The van der Waals surface area contributed by atoms with E-state index in [9.17, 15) is 9.59 Å². The van der Waals surface area contributed by atoms with Gasteiger partial charge < -0.3 is 13.6 Å². The highest BCUT2D eigenvalue weighted by atomic mass is 28.4. The van der Waals surface area contributed by atoms with Gasteiger partial charge in [0.2, 0.25) is 0 Å². The van der Waals surface area contributed by atoms with Crippen molar-refractivity contribution in [1.29, 1.82) is 0 Å². The van der Waals surface area contributed by atoms with Crippen LogP contribution in [0.3, 0.4) is 0 Å². The Morgan fingerprint density at radius 3 is 1.48 bits per heavy atom. The maximum absolute atomic E-state index is 11.0. The Morgan fingerprint density at radius 2 is 1.17 bits per heavy atom. The van der Waals surface area contributed by atoms with E-state index in [0.717, 1.165) is 24.9 Å². The van der Waals surface area contributed by atoms with Crippen LogP contribution < -0.4 is 0 Å². The summed E-state index contributed by atoms with van der Waals surface area (Å²) in [6.07, 6.45) is 3.96. The van der Waals surface area contributed by atoms with Crippen molar-refractivity contribution in [3.8, 4) is 0 Å². The van der Waals surface area contributed by atoms with E-state index in [1.165, 1.54) is 12.2 Å². The Kier molecular flexibility index (Phi) is 10.0. The molecule has 0 aliphatic heterocycles. The molecule has 0 radical (unpaired) electrons. The zero-order chi connectivity index (χ0) is 17.9. The van der Waals surface area contributed by atoms with E-state index >= 15 is 0 Å². The Balaban J connectivity index is 4.08. The maximum Gasteiger partial charge on any atom is 0.330 e. The zero-order valence-corrected chi connectivity index (χ0v) is 16.9. The molecule has 0 atom stereocenters. The average Bonchev–Trinajstić information content (AvgIpc) is 2.46. The second kappa shape index (κ2) is 10.6. The van der Waals surface area contributed by atoms with Gasteiger partial charge in [-0.3, -0.25) is 0 Å². The highest BCUT2D eigenvalue weighted by molar-refractivity contribution is 6.84. The first-order chi connectivity index (χ1) is 10.6. The first-order valence-electron chi connectivity index (χ1n) is 7.90. The van der Waals surface area contributed by atoms with Crippen LogP contribution in [0.4, 0.5) is 0 Å². The smallest absolute Gasteiger partial charge is 0.330 e. The third-order valence-corrected chi connectivity index (χ3v) is 10.8. The fraction of sp³-hybridized carbons (Fsp3) is 0.625. The average molecular weight is 359 g/mol. The van der Waals surface area contributed by atoms with Crippen LogP contribution in [0.2, 0.25) is 38.3 Å². The number of rotatable bonds is 12. The van der Waals surface area contributed by atoms with Crippen LogP contribution in [-0.4, -0.2) is 41.8 Å². The molecule has 0 fully saturated rings. The highest BCUT2D eigenvalue weighted by Gasteiger charge is 2.32. The van der Waals surface area contributed by atoms with Gasteiger partial charge in [0.15, 0.2) is 16.6 Å². The van der Waals surface area contributed by atoms with E-state index in [1.54, 1.807) is 0 Å². The summed E-state index contributed by atoms with van der Waals surface area (Å²) in [6.45, 7) is 16.3. The molecule has 0 rings (SSSR count). The number of hydrogen-bond acceptors (Lipinski definition) is 5. The third-order valence-electron chi connectivity index (χ3n) is 3.22. The summed E-state index contributed by atoms with van der Waals surface area (Å²) in [5.74, 6) is -0.761. The fourth-order valence-corrected chi connectivity index (χ4v) is 11.1. The van der Waals surface area contributed by atoms with Crippen LogP contribution in [0, 0.1) is 0 Å². The van der Waals surface area contributed by atoms with Gasteiger partial charge >= 0.3 is 11.9 Å². The minimum Gasteiger partial charge on any atom is -0.463 e. The van der Waals surface area contributed by atoms with Crippen molar-refractivity contribution in [2.45, 2.75) is 51.1 Å². The Hall–Kier alpha value is -1.19. The summed E-state index contributed by atoms with van der Waals surface area (Å²) in [6, 6.07) is 1.89. The normalized spacial score (nSPS) is 11.7. The predicted molar refractivity (Wildman–Crippen MR) is 97.2 cm³/mol. The van der Waals surface area contributed by atoms with Crippen LogP contribution in [0.25, 0.3) is 0 Å². The summed E-state index contributed by atoms with van der Waals surface area (Å²) < 4.78 is 16.4. The number of carbonyl (C=O) groups excluding carboxylic acids is 2. The van der Waals surface area contributed by atoms with E-state index in [1.807, 2.05) is 0 Å². The lowest BCUT2D eigenvalue weighted by molar-refractivity contribution is -0.138. The predicted octanol–water partition coefficient (Wildman–Crippen LogP) is 3.65. The maximum atomic E-state index is 11.0. The molecule has 5 nitrogen and oxygen atoms in total. The number of ether oxygens (including phenoxy) is 2. The summed E-state index contributed by atoms with van der Waals surface area (Å²) >= 11 is 0. The monoisotopic (exact) mass is 358 g/mol. The number of esters is 2. The Morgan fingerprint density at radius 1 is 0.826 bits per heavy atom. The molecule has 0 spiro atoms. The molecule has 0 N–H and O–H groups in total. The molecule has 0 heterocycles. The van der Waals surface area contributed by atoms with Crippen molar-refractivity contribution >= 4 is 28.6 Å². The van der Waals surface area contributed by atoms with Gasteiger partial charge in [-0.2, -0.15) is 0 Å². The van der Waals surface area contributed by atoms with E-state index in [0.29, 0.717) is 13.2 Å². The molecule has 132 valence electrons. The van der Waals surface area contributed by atoms with Gasteiger partial charge in [-0.1, -0.05) is 13.2 Å². The van der Waals surface area contributed by atoms with E-state index < -0.39 is 16.6 Å². The molecule has 0 bridgehead atoms. The van der Waals surface area contributed by atoms with Gasteiger partial charge in [0.05, 0.1) is 13.2 Å². The molecule has 0 saturated heterocycles. The van der Waals surface area contributed by atoms with Gasteiger partial charge in [-0.15, -0.1) is 0 Å². The lowest BCUT2D eigenvalue weighted by atomic mass is 10.5. The Bertz CT molecular complexity index is 381. The second-order valence-electron chi connectivity index (χ2n) is 6.57. The standard InChI is InChI=1S/C16H30O5Si2/c1-7-15(17)19-11-9-13-22(3,4)21-23(5,6)14-10-12-20-16(18)8-2/h7-8H,1-2,9-14H2,3-6H3. The molecular formula is C16H30O5Si2. The molecule has 7 heteroatoms. The largest absolute Gasteiger partial charge is 0.463 e.